The molecule has 1 heterocycles. The standard InChI is InChI=1S/C21H17BrF4N2O2/c22-17-6-7-18(23)15(13-17)3-8-19(29)27-9-11-28(12-10-27)20(30)14-1-4-16(5-2-14)21(24,25)26/h1-8,13H,9-12H2/b8-3+. The van der Waals surface area contributed by atoms with Gasteiger partial charge in [-0.2, -0.15) is 13.2 Å². The Balaban J connectivity index is 1.57. The molecule has 9 heteroatoms. The van der Waals surface area contributed by atoms with E-state index >= 15 is 0 Å². The van der Waals surface area contributed by atoms with Gasteiger partial charge in [-0.3, -0.25) is 9.59 Å². The van der Waals surface area contributed by atoms with Gasteiger partial charge in [-0.1, -0.05) is 15.9 Å². The van der Waals surface area contributed by atoms with Crippen LogP contribution >= 0.6 is 15.9 Å². The highest BCUT2D eigenvalue weighted by Crippen LogP contribution is 2.29. The van der Waals surface area contributed by atoms with E-state index in [4.69, 9.17) is 0 Å². The molecule has 1 aliphatic heterocycles. The number of halogens is 5. The molecule has 1 saturated heterocycles. The molecule has 3 rings (SSSR count). The Morgan fingerprint density at radius 2 is 1.53 bits per heavy atom. The lowest BCUT2D eigenvalue weighted by atomic mass is 10.1. The lowest BCUT2D eigenvalue weighted by Crippen LogP contribution is -2.50. The average Bonchev–Trinajstić information content (AvgIpc) is 2.73. The van der Waals surface area contributed by atoms with Gasteiger partial charge in [0.25, 0.3) is 5.91 Å². The number of carbonyl (C=O) groups is 2. The van der Waals surface area contributed by atoms with Crippen LogP contribution in [0.3, 0.4) is 0 Å². The molecular weight excluding hydrogens is 468 g/mol. The van der Waals surface area contributed by atoms with Crippen molar-refractivity contribution in [2.24, 2.45) is 0 Å². The third-order valence-corrected chi connectivity index (χ3v) is 5.19. The summed E-state index contributed by atoms with van der Waals surface area (Å²) in [6.07, 6.45) is -1.79. The quantitative estimate of drug-likeness (QED) is 0.471. The number of benzene rings is 2. The smallest absolute Gasteiger partial charge is 0.336 e. The maximum Gasteiger partial charge on any atom is 0.416 e. The zero-order valence-corrected chi connectivity index (χ0v) is 17.2. The maximum atomic E-state index is 13.8. The van der Waals surface area contributed by atoms with Crippen molar-refractivity contribution in [3.05, 3.63) is 75.5 Å². The minimum absolute atomic E-state index is 0.160. The van der Waals surface area contributed by atoms with Crippen LogP contribution in [0.2, 0.25) is 0 Å². The molecule has 0 radical (unpaired) electrons. The van der Waals surface area contributed by atoms with Gasteiger partial charge in [0.2, 0.25) is 5.91 Å². The summed E-state index contributed by atoms with van der Waals surface area (Å²) in [6.45, 7) is 1.06. The van der Waals surface area contributed by atoms with Crippen LogP contribution in [-0.2, 0) is 11.0 Å². The SMILES string of the molecule is O=C(/C=C/c1cc(Br)ccc1F)N1CCN(C(=O)c2ccc(C(F)(F)F)cc2)CC1. The van der Waals surface area contributed by atoms with Gasteiger partial charge in [0.05, 0.1) is 5.56 Å². The van der Waals surface area contributed by atoms with E-state index in [9.17, 15) is 27.2 Å². The van der Waals surface area contributed by atoms with Gasteiger partial charge in [-0.25, -0.2) is 4.39 Å². The van der Waals surface area contributed by atoms with Crippen molar-refractivity contribution in [1.29, 1.82) is 0 Å². The molecule has 0 aromatic heterocycles. The van der Waals surface area contributed by atoms with Crippen molar-refractivity contribution in [3.63, 3.8) is 0 Å². The number of piperazine rings is 1. The van der Waals surface area contributed by atoms with E-state index in [1.165, 1.54) is 28.0 Å². The van der Waals surface area contributed by atoms with Crippen LogP contribution in [0.1, 0.15) is 21.5 Å². The van der Waals surface area contributed by atoms with Gasteiger partial charge >= 0.3 is 6.18 Å². The number of alkyl halides is 3. The summed E-state index contributed by atoms with van der Waals surface area (Å²) in [5.74, 6) is -1.15. The average molecular weight is 485 g/mol. The molecule has 158 valence electrons. The van der Waals surface area contributed by atoms with Crippen molar-refractivity contribution in [2.75, 3.05) is 26.2 Å². The highest BCUT2D eigenvalue weighted by atomic mass is 79.9. The van der Waals surface area contributed by atoms with Gasteiger partial charge in [0.1, 0.15) is 5.82 Å². The molecular formula is C21H17BrF4N2O2. The van der Waals surface area contributed by atoms with Crippen molar-refractivity contribution in [2.45, 2.75) is 6.18 Å². The topological polar surface area (TPSA) is 40.6 Å². The van der Waals surface area contributed by atoms with Gasteiger partial charge < -0.3 is 9.80 Å². The van der Waals surface area contributed by atoms with Gasteiger partial charge in [0.15, 0.2) is 0 Å². The molecule has 0 bridgehead atoms. The Hall–Kier alpha value is -2.68. The number of nitrogens with zero attached hydrogens (tertiary/aromatic N) is 2. The molecule has 4 nitrogen and oxygen atoms in total. The largest absolute Gasteiger partial charge is 0.416 e. The summed E-state index contributed by atoms with van der Waals surface area (Å²) in [5.41, 5.74) is -0.384. The van der Waals surface area contributed by atoms with E-state index in [-0.39, 0.29) is 49.1 Å². The van der Waals surface area contributed by atoms with Crippen LogP contribution in [0.5, 0.6) is 0 Å². The van der Waals surface area contributed by atoms with Gasteiger partial charge in [-0.15, -0.1) is 0 Å². The number of hydrogen-bond acceptors (Lipinski definition) is 2. The van der Waals surface area contributed by atoms with Crippen molar-refractivity contribution >= 4 is 33.8 Å². The van der Waals surface area contributed by atoms with Gasteiger partial charge in [0, 0.05) is 47.9 Å². The van der Waals surface area contributed by atoms with Crippen LogP contribution in [0, 0.1) is 5.82 Å². The minimum Gasteiger partial charge on any atom is -0.336 e. The molecule has 2 aromatic carbocycles. The Kier molecular flexibility index (Phi) is 6.60. The minimum atomic E-state index is -4.46. The number of amides is 2. The van der Waals surface area contributed by atoms with Crippen molar-refractivity contribution in [1.82, 2.24) is 9.80 Å². The third-order valence-electron chi connectivity index (χ3n) is 4.70. The molecule has 2 amide bonds. The molecule has 0 unspecified atom stereocenters. The second kappa shape index (κ2) is 8.99. The summed E-state index contributed by atoms with van der Waals surface area (Å²) in [6, 6.07) is 8.45. The lowest BCUT2D eigenvalue weighted by molar-refractivity contribution is -0.137. The van der Waals surface area contributed by atoms with Crippen molar-refractivity contribution < 1.29 is 27.2 Å². The van der Waals surface area contributed by atoms with Crippen LogP contribution in [-0.4, -0.2) is 47.8 Å². The molecule has 0 N–H and O–H groups in total. The van der Waals surface area contributed by atoms with Gasteiger partial charge in [-0.05, 0) is 48.5 Å². The normalized spacial score (nSPS) is 15.0. The summed E-state index contributed by atoms with van der Waals surface area (Å²) in [5, 5.41) is 0. The molecule has 0 atom stereocenters. The van der Waals surface area contributed by atoms with E-state index < -0.39 is 17.6 Å². The monoisotopic (exact) mass is 484 g/mol. The number of hydrogen-bond donors (Lipinski definition) is 0. The number of carbonyl (C=O) groups excluding carboxylic acids is 2. The van der Waals surface area contributed by atoms with Crippen LogP contribution in [0.25, 0.3) is 6.08 Å². The van der Waals surface area contributed by atoms with E-state index in [2.05, 4.69) is 15.9 Å². The molecule has 1 aliphatic rings. The fourth-order valence-electron chi connectivity index (χ4n) is 3.02. The predicted octanol–water partition coefficient (Wildman–Crippen LogP) is 4.60. The Labute approximate surface area is 178 Å². The molecule has 1 fully saturated rings. The zero-order chi connectivity index (χ0) is 21.9. The molecule has 2 aromatic rings. The molecule has 0 aliphatic carbocycles. The molecule has 0 saturated carbocycles. The summed E-state index contributed by atoms with van der Waals surface area (Å²) in [4.78, 5) is 27.9. The summed E-state index contributed by atoms with van der Waals surface area (Å²) in [7, 11) is 0. The third kappa shape index (κ3) is 5.27. The van der Waals surface area contributed by atoms with Crippen LogP contribution in [0.4, 0.5) is 17.6 Å². The summed E-state index contributed by atoms with van der Waals surface area (Å²) < 4.78 is 52.4. The van der Waals surface area contributed by atoms with Crippen LogP contribution < -0.4 is 0 Å². The first kappa shape index (κ1) is 22.0. The Morgan fingerprint density at radius 3 is 2.13 bits per heavy atom. The lowest BCUT2D eigenvalue weighted by Gasteiger charge is -2.34. The second-order valence-electron chi connectivity index (χ2n) is 6.69. The first-order chi connectivity index (χ1) is 14.1. The Bertz CT molecular complexity index is 966. The fraction of sp³-hybridized carbons (Fsp3) is 0.238. The second-order valence-corrected chi connectivity index (χ2v) is 7.61. The molecule has 0 spiro atoms. The van der Waals surface area contributed by atoms with Crippen molar-refractivity contribution in [3.8, 4) is 0 Å². The Morgan fingerprint density at radius 1 is 0.933 bits per heavy atom. The van der Waals surface area contributed by atoms with E-state index in [1.807, 2.05) is 0 Å². The van der Waals surface area contributed by atoms with E-state index in [1.54, 1.807) is 12.1 Å². The number of rotatable bonds is 3. The van der Waals surface area contributed by atoms with E-state index in [0.29, 0.717) is 4.47 Å². The van der Waals surface area contributed by atoms with E-state index in [0.717, 1.165) is 24.3 Å². The predicted molar refractivity (Wildman–Crippen MR) is 107 cm³/mol. The highest BCUT2D eigenvalue weighted by Gasteiger charge is 2.31. The zero-order valence-electron chi connectivity index (χ0n) is 15.6. The fourth-order valence-corrected chi connectivity index (χ4v) is 3.40. The molecule has 30 heavy (non-hydrogen) atoms. The first-order valence-corrected chi connectivity index (χ1v) is 9.83. The maximum absolute atomic E-state index is 13.8. The van der Waals surface area contributed by atoms with Crippen LogP contribution in [0.15, 0.2) is 53.0 Å². The first-order valence-electron chi connectivity index (χ1n) is 9.04. The highest BCUT2D eigenvalue weighted by molar-refractivity contribution is 9.10. The summed E-state index contributed by atoms with van der Waals surface area (Å²) >= 11 is 3.24.